The summed E-state index contributed by atoms with van der Waals surface area (Å²) in [5.74, 6) is 0.871. The number of carbonyl (C=O) groups excluding carboxylic acids is 1. The number of hydrogen-bond donors (Lipinski definition) is 1. The molecule has 1 aromatic rings. The highest BCUT2D eigenvalue weighted by molar-refractivity contribution is 6.42. The number of benzene rings is 1. The number of halogens is 2. The van der Waals surface area contributed by atoms with Crippen molar-refractivity contribution in [3.8, 4) is 0 Å². The molecule has 6 heteroatoms. The van der Waals surface area contributed by atoms with Gasteiger partial charge in [0.15, 0.2) is 0 Å². The van der Waals surface area contributed by atoms with Gasteiger partial charge in [0.2, 0.25) is 5.91 Å². The van der Waals surface area contributed by atoms with E-state index in [1.165, 1.54) is 0 Å². The summed E-state index contributed by atoms with van der Waals surface area (Å²) in [4.78, 5) is 16.6. The molecule has 1 heterocycles. The molecular formula is C18H26Cl2N2O2. The zero-order valence-corrected chi connectivity index (χ0v) is 15.7. The number of rotatable bonds is 7. The van der Waals surface area contributed by atoms with E-state index in [9.17, 15) is 4.79 Å². The summed E-state index contributed by atoms with van der Waals surface area (Å²) >= 11 is 12.0. The van der Waals surface area contributed by atoms with Gasteiger partial charge in [-0.3, -0.25) is 9.69 Å². The molecule has 1 aliphatic rings. The largest absolute Gasteiger partial charge is 0.396 e. The molecule has 1 aliphatic heterocycles. The molecule has 0 bridgehead atoms. The van der Waals surface area contributed by atoms with Crippen LogP contribution < -0.4 is 0 Å². The van der Waals surface area contributed by atoms with Crippen molar-refractivity contribution in [2.24, 2.45) is 5.92 Å². The van der Waals surface area contributed by atoms with Crippen LogP contribution in [-0.4, -0.2) is 53.6 Å². The Morgan fingerprint density at radius 3 is 2.62 bits per heavy atom. The van der Waals surface area contributed by atoms with Gasteiger partial charge in [-0.2, -0.15) is 0 Å². The monoisotopic (exact) mass is 372 g/mol. The van der Waals surface area contributed by atoms with Gasteiger partial charge in [0.25, 0.3) is 0 Å². The first-order valence-corrected chi connectivity index (χ1v) is 9.30. The Morgan fingerprint density at radius 2 is 2.00 bits per heavy atom. The average Bonchev–Trinajstić information content (AvgIpc) is 2.56. The van der Waals surface area contributed by atoms with Crippen LogP contribution in [0.4, 0.5) is 0 Å². The highest BCUT2D eigenvalue weighted by Crippen LogP contribution is 2.23. The molecule has 134 valence electrons. The number of piperidine rings is 1. The minimum atomic E-state index is 0.118. The summed E-state index contributed by atoms with van der Waals surface area (Å²) in [6.07, 6.45) is 2.80. The Morgan fingerprint density at radius 1 is 1.29 bits per heavy atom. The molecule has 1 saturated heterocycles. The number of amides is 1. The quantitative estimate of drug-likeness (QED) is 0.796. The van der Waals surface area contributed by atoms with Crippen LogP contribution in [0.5, 0.6) is 0 Å². The second kappa shape index (κ2) is 9.62. The van der Waals surface area contributed by atoms with Crippen LogP contribution in [0.15, 0.2) is 18.2 Å². The maximum absolute atomic E-state index is 12.6. The highest BCUT2D eigenvalue weighted by Gasteiger charge is 2.22. The highest BCUT2D eigenvalue weighted by atomic mass is 35.5. The van der Waals surface area contributed by atoms with Gasteiger partial charge in [-0.25, -0.2) is 0 Å². The molecule has 1 N–H and O–H groups in total. The van der Waals surface area contributed by atoms with Gasteiger partial charge in [0.1, 0.15) is 0 Å². The third-order valence-corrected chi connectivity index (χ3v) is 5.26. The van der Waals surface area contributed by atoms with Gasteiger partial charge in [-0.05, 0) is 42.9 Å². The summed E-state index contributed by atoms with van der Waals surface area (Å²) < 4.78 is 0. The van der Waals surface area contributed by atoms with E-state index in [0.29, 0.717) is 42.0 Å². The van der Waals surface area contributed by atoms with Gasteiger partial charge in [-0.1, -0.05) is 36.2 Å². The van der Waals surface area contributed by atoms with Gasteiger partial charge < -0.3 is 10.0 Å². The van der Waals surface area contributed by atoms with Crippen molar-refractivity contribution in [2.75, 3.05) is 32.8 Å². The summed E-state index contributed by atoms with van der Waals surface area (Å²) in [6, 6.07) is 5.54. The molecule has 0 saturated carbocycles. The predicted octanol–water partition coefficient (Wildman–Crippen LogP) is 3.44. The molecule has 1 amide bonds. The molecule has 0 unspecified atom stereocenters. The van der Waals surface area contributed by atoms with Crippen molar-refractivity contribution >= 4 is 29.1 Å². The third kappa shape index (κ3) is 5.92. The summed E-state index contributed by atoms with van der Waals surface area (Å²) in [5.41, 5.74) is 1.02. The van der Waals surface area contributed by atoms with Gasteiger partial charge in [-0.15, -0.1) is 0 Å². The van der Waals surface area contributed by atoms with Crippen molar-refractivity contribution in [1.29, 1.82) is 0 Å². The standard InChI is InChI=1S/C18H26Cl2N2O2/c1-14-5-8-22(9-6-14)18(24)13-21(7-2-10-23)12-15-3-4-16(19)17(20)11-15/h3-4,11,14,23H,2,5-10,12-13H2,1H3. The van der Waals surface area contributed by atoms with Crippen LogP contribution in [-0.2, 0) is 11.3 Å². The lowest BCUT2D eigenvalue weighted by Gasteiger charge is -2.32. The molecule has 1 aromatic carbocycles. The van der Waals surface area contributed by atoms with E-state index in [2.05, 4.69) is 11.8 Å². The minimum absolute atomic E-state index is 0.118. The maximum atomic E-state index is 12.6. The van der Waals surface area contributed by atoms with Crippen LogP contribution in [0.1, 0.15) is 31.7 Å². The molecular weight excluding hydrogens is 347 g/mol. The molecule has 4 nitrogen and oxygen atoms in total. The SMILES string of the molecule is CC1CCN(C(=O)CN(CCCO)Cc2ccc(Cl)c(Cl)c2)CC1. The van der Waals surface area contributed by atoms with Crippen LogP contribution in [0.25, 0.3) is 0 Å². The molecule has 24 heavy (non-hydrogen) atoms. The Hall–Kier alpha value is -0.810. The van der Waals surface area contributed by atoms with Crippen molar-refractivity contribution in [3.63, 3.8) is 0 Å². The maximum Gasteiger partial charge on any atom is 0.236 e. The van der Waals surface area contributed by atoms with E-state index in [4.69, 9.17) is 28.3 Å². The van der Waals surface area contributed by atoms with Gasteiger partial charge >= 0.3 is 0 Å². The average molecular weight is 373 g/mol. The van der Waals surface area contributed by atoms with E-state index >= 15 is 0 Å². The summed E-state index contributed by atoms with van der Waals surface area (Å²) in [6.45, 7) is 5.71. The smallest absolute Gasteiger partial charge is 0.236 e. The number of aliphatic hydroxyl groups excluding tert-OH is 1. The van der Waals surface area contributed by atoms with Crippen LogP contribution in [0.3, 0.4) is 0 Å². The number of nitrogens with zero attached hydrogens (tertiary/aromatic N) is 2. The topological polar surface area (TPSA) is 43.8 Å². The fourth-order valence-corrected chi connectivity index (χ4v) is 3.27. The molecule has 0 radical (unpaired) electrons. The third-order valence-electron chi connectivity index (χ3n) is 4.52. The van der Waals surface area contributed by atoms with Gasteiger partial charge in [0.05, 0.1) is 16.6 Å². The minimum Gasteiger partial charge on any atom is -0.396 e. The number of aliphatic hydroxyl groups is 1. The molecule has 0 spiro atoms. The second-order valence-electron chi connectivity index (χ2n) is 6.60. The zero-order chi connectivity index (χ0) is 17.5. The second-order valence-corrected chi connectivity index (χ2v) is 7.41. The van der Waals surface area contributed by atoms with Crippen molar-refractivity contribution < 1.29 is 9.90 Å². The Bertz CT molecular complexity index is 546. The molecule has 0 aliphatic carbocycles. The number of carbonyl (C=O) groups is 1. The van der Waals surface area contributed by atoms with Crippen LogP contribution in [0.2, 0.25) is 10.0 Å². The van der Waals surface area contributed by atoms with E-state index in [1.807, 2.05) is 17.0 Å². The van der Waals surface area contributed by atoms with E-state index in [0.717, 1.165) is 31.5 Å². The predicted molar refractivity (Wildman–Crippen MR) is 98.4 cm³/mol. The fourth-order valence-electron chi connectivity index (χ4n) is 2.95. The summed E-state index contributed by atoms with van der Waals surface area (Å²) in [7, 11) is 0. The summed E-state index contributed by atoms with van der Waals surface area (Å²) in [5, 5.41) is 10.2. The zero-order valence-electron chi connectivity index (χ0n) is 14.2. The van der Waals surface area contributed by atoms with Crippen LogP contribution >= 0.6 is 23.2 Å². The van der Waals surface area contributed by atoms with E-state index in [-0.39, 0.29) is 12.5 Å². The number of hydrogen-bond acceptors (Lipinski definition) is 3. The Labute approximate surface area is 154 Å². The first-order chi connectivity index (χ1) is 11.5. The lowest BCUT2D eigenvalue weighted by atomic mass is 9.99. The normalized spacial score (nSPS) is 16.0. The molecule has 0 atom stereocenters. The molecule has 2 rings (SSSR count). The first-order valence-electron chi connectivity index (χ1n) is 8.54. The first kappa shape index (κ1) is 19.5. The molecule has 0 aromatic heterocycles. The van der Waals surface area contributed by atoms with Crippen molar-refractivity contribution in [2.45, 2.75) is 32.7 Å². The fraction of sp³-hybridized carbons (Fsp3) is 0.611. The number of likely N-dealkylation sites (tertiary alicyclic amines) is 1. The Kier molecular flexibility index (Phi) is 7.82. The lowest BCUT2D eigenvalue weighted by Crippen LogP contribution is -2.44. The van der Waals surface area contributed by atoms with Crippen LogP contribution in [0, 0.1) is 5.92 Å². The van der Waals surface area contributed by atoms with Crippen molar-refractivity contribution in [1.82, 2.24) is 9.80 Å². The van der Waals surface area contributed by atoms with Gasteiger partial charge in [0, 0.05) is 32.8 Å². The lowest BCUT2D eigenvalue weighted by molar-refractivity contribution is -0.133. The van der Waals surface area contributed by atoms with E-state index in [1.54, 1.807) is 6.07 Å². The molecule has 1 fully saturated rings. The van der Waals surface area contributed by atoms with Crippen molar-refractivity contribution in [3.05, 3.63) is 33.8 Å². The van der Waals surface area contributed by atoms with E-state index < -0.39 is 0 Å². The Balaban J connectivity index is 1.96.